The molecule has 1 saturated heterocycles. The lowest BCUT2D eigenvalue weighted by Gasteiger charge is -2.45. The number of hydrogen-bond acceptors (Lipinski definition) is 4. The minimum atomic E-state index is -0.481. The summed E-state index contributed by atoms with van der Waals surface area (Å²) in [5, 5.41) is 10.7. The maximum Gasteiger partial charge on any atom is 0.187 e. The molecule has 0 amide bonds. The topological polar surface area (TPSA) is 49.8 Å². The summed E-state index contributed by atoms with van der Waals surface area (Å²) in [5.41, 5.74) is 1.32. The van der Waals surface area contributed by atoms with E-state index in [0.29, 0.717) is 18.2 Å². The van der Waals surface area contributed by atoms with Crippen LogP contribution in [0, 0.1) is 29.7 Å². The fourth-order valence-electron chi connectivity index (χ4n) is 6.14. The maximum atomic E-state index is 10.7. The SMILES string of the molecule is [C-]#[N+]c1ccc(OCCCN2CCC(C(C#N)(c3ccccc3)[C@@H]3CCC[C@H]3OC)CC2)cc1. The van der Waals surface area contributed by atoms with Gasteiger partial charge in [0.05, 0.1) is 30.8 Å². The van der Waals surface area contributed by atoms with E-state index >= 15 is 0 Å². The van der Waals surface area contributed by atoms with Gasteiger partial charge in [0.15, 0.2) is 5.69 Å². The summed E-state index contributed by atoms with van der Waals surface area (Å²) in [5.74, 6) is 1.41. The molecular formula is C29H35N3O2. The molecule has 2 aliphatic rings. The molecule has 1 aliphatic heterocycles. The van der Waals surface area contributed by atoms with Crippen LogP contribution in [0.5, 0.6) is 5.75 Å². The Balaban J connectivity index is 1.35. The van der Waals surface area contributed by atoms with Gasteiger partial charge in [0.1, 0.15) is 5.75 Å². The summed E-state index contributed by atoms with van der Waals surface area (Å²) in [7, 11) is 1.81. The number of ether oxygens (including phenoxy) is 2. The molecule has 1 unspecified atom stereocenters. The van der Waals surface area contributed by atoms with Gasteiger partial charge in [-0.1, -0.05) is 48.9 Å². The van der Waals surface area contributed by atoms with Gasteiger partial charge in [-0.15, -0.1) is 0 Å². The van der Waals surface area contributed by atoms with Crippen molar-refractivity contribution in [2.45, 2.75) is 50.0 Å². The zero-order valence-electron chi connectivity index (χ0n) is 20.2. The highest BCUT2D eigenvalue weighted by Gasteiger charge is 2.52. The molecule has 2 aromatic rings. The maximum absolute atomic E-state index is 10.7. The Hall–Kier alpha value is -2.86. The highest BCUT2D eigenvalue weighted by molar-refractivity contribution is 5.47. The van der Waals surface area contributed by atoms with E-state index in [4.69, 9.17) is 16.0 Å². The average molecular weight is 458 g/mol. The van der Waals surface area contributed by atoms with Crippen LogP contribution < -0.4 is 4.74 Å². The van der Waals surface area contributed by atoms with Crippen LogP contribution in [-0.2, 0) is 10.2 Å². The van der Waals surface area contributed by atoms with Crippen molar-refractivity contribution in [2.75, 3.05) is 33.4 Å². The lowest BCUT2D eigenvalue weighted by Crippen LogP contribution is -2.49. The van der Waals surface area contributed by atoms with Crippen LogP contribution in [-0.4, -0.2) is 44.4 Å². The second-order valence-electron chi connectivity index (χ2n) is 9.58. The first-order valence-corrected chi connectivity index (χ1v) is 12.5. The summed E-state index contributed by atoms with van der Waals surface area (Å²) in [4.78, 5) is 5.92. The van der Waals surface area contributed by atoms with E-state index in [2.05, 4.69) is 40.1 Å². The summed E-state index contributed by atoms with van der Waals surface area (Å²) >= 11 is 0. The van der Waals surface area contributed by atoms with Crippen molar-refractivity contribution in [1.29, 1.82) is 5.26 Å². The molecule has 0 spiro atoms. The van der Waals surface area contributed by atoms with Gasteiger partial charge >= 0.3 is 0 Å². The first-order chi connectivity index (χ1) is 16.7. The third-order valence-electron chi connectivity index (χ3n) is 7.86. The van der Waals surface area contributed by atoms with Gasteiger partial charge in [-0.05, 0) is 68.8 Å². The normalized spacial score (nSPS) is 23.0. The Bertz CT molecular complexity index is 987. The summed E-state index contributed by atoms with van der Waals surface area (Å²) in [6.07, 6.45) is 6.46. The van der Waals surface area contributed by atoms with Crippen molar-refractivity contribution in [3.05, 3.63) is 71.6 Å². The van der Waals surface area contributed by atoms with Crippen LogP contribution in [0.2, 0.25) is 0 Å². The Morgan fingerprint density at radius 1 is 1.06 bits per heavy atom. The molecule has 178 valence electrons. The molecule has 1 saturated carbocycles. The van der Waals surface area contributed by atoms with E-state index < -0.39 is 5.41 Å². The molecule has 0 aromatic heterocycles. The van der Waals surface area contributed by atoms with Gasteiger partial charge in [-0.3, -0.25) is 0 Å². The molecule has 34 heavy (non-hydrogen) atoms. The van der Waals surface area contributed by atoms with Crippen LogP contribution in [0.15, 0.2) is 54.6 Å². The van der Waals surface area contributed by atoms with Gasteiger partial charge < -0.3 is 14.4 Å². The predicted molar refractivity (Wildman–Crippen MR) is 134 cm³/mol. The van der Waals surface area contributed by atoms with Crippen molar-refractivity contribution in [3.63, 3.8) is 0 Å². The molecule has 2 fully saturated rings. The number of methoxy groups -OCH3 is 1. The number of benzene rings is 2. The molecule has 1 aliphatic carbocycles. The molecule has 1 heterocycles. The van der Waals surface area contributed by atoms with E-state index in [1.54, 1.807) is 19.2 Å². The molecular weight excluding hydrogens is 422 g/mol. The minimum absolute atomic E-state index is 0.166. The number of hydrogen-bond donors (Lipinski definition) is 0. The van der Waals surface area contributed by atoms with E-state index in [-0.39, 0.29) is 12.0 Å². The third kappa shape index (κ3) is 5.12. The summed E-state index contributed by atoms with van der Waals surface area (Å²) in [6, 6.07) is 20.7. The lowest BCUT2D eigenvalue weighted by atomic mass is 9.59. The standard InChI is InChI=1S/C29H35N3O2/c1-31-25-12-14-26(15-13-25)34-21-7-18-32-19-16-24(17-20-32)29(22-30,23-8-4-3-5-9-23)27-10-6-11-28(27)33-2/h3-5,8-9,12-15,24,27-28H,6-7,10-11,16-21H2,2H3/t27-,28-,29?/m1/s1. The van der Waals surface area contributed by atoms with Crippen LogP contribution in [0.25, 0.3) is 4.85 Å². The van der Waals surface area contributed by atoms with Crippen LogP contribution in [0.1, 0.15) is 44.1 Å². The van der Waals surface area contributed by atoms with Gasteiger partial charge in [0, 0.05) is 19.6 Å². The average Bonchev–Trinajstić information content (AvgIpc) is 3.38. The summed E-state index contributed by atoms with van der Waals surface area (Å²) in [6.45, 7) is 10.7. The van der Waals surface area contributed by atoms with Gasteiger partial charge in [0.2, 0.25) is 0 Å². The minimum Gasteiger partial charge on any atom is -0.494 e. The fourth-order valence-corrected chi connectivity index (χ4v) is 6.14. The largest absolute Gasteiger partial charge is 0.494 e. The smallest absolute Gasteiger partial charge is 0.187 e. The molecule has 0 bridgehead atoms. The second kappa shape index (κ2) is 11.5. The Kier molecular flexibility index (Phi) is 8.22. The molecule has 5 heteroatoms. The predicted octanol–water partition coefficient (Wildman–Crippen LogP) is 5.99. The van der Waals surface area contributed by atoms with Crippen molar-refractivity contribution < 1.29 is 9.47 Å². The second-order valence-corrected chi connectivity index (χ2v) is 9.58. The number of likely N-dealkylation sites (tertiary alicyclic amines) is 1. The van der Waals surface area contributed by atoms with Crippen LogP contribution in [0.3, 0.4) is 0 Å². The van der Waals surface area contributed by atoms with Crippen LogP contribution >= 0.6 is 0 Å². The molecule has 0 N–H and O–H groups in total. The first kappa shape index (κ1) is 24.3. The van der Waals surface area contributed by atoms with E-state index in [9.17, 15) is 5.26 Å². The molecule has 0 radical (unpaired) electrons. The quantitative estimate of drug-likeness (QED) is 0.343. The fraction of sp³-hybridized carbons (Fsp3) is 0.517. The zero-order valence-corrected chi connectivity index (χ0v) is 20.2. The van der Waals surface area contributed by atoms with E-state index in [0.717, 1.165) is 63.9 Å². The van der Waals surface area contributed by atoms with E-state index in [1.807, 2.05) is 18.2 Å². The van der Waals surface area contributed by atoms with Crippen molar-refractivity contribution >= 4 is 5.69 Å². The number of piperidine rings is 1. The van der Waals surface area contributed by atoms with Crippen molar-refractivity contribution in [1.82, 2.24) is 4.90 Å². The molecule has 4 rings (SSSR count). The number of rotatable bonds is 9. The summed E-state index contributed by atoms with van der Waals surface area (Å²) < 4.78 is 11.7. The molecule has 5 nitrogen and oxygen atoms in total. The Morgan fingerprint density at radius 3 is 2.44 bits per heavy atom. The van der Waals surface area contributed by atoms with Crippen molar-refractivity contribution in [2.24, 2.45) is 11.8 Å². The van der Waals surface area contributed by atoms with E-state index in [1.165, 1.54) is 5.56 Å². The number of nitrogens with zero attached hydrogens (tertiary/aromatic N) is 3. The van der Waals surface area contributed by atoms with Crippen LogP contribution in [0.4, 0.5) is 5.69 Å². The van der Waals surface area contributed by atoms with Gasteiger partial charge in [-0.2, -0.15) is 5.26 Å². The van der Waals surface area contributed by atoms with Gasteiger partial charge in [0.25, 0.3) is 0 Å². The monoisotopic (exact) mass is 457 g/mol. The van der Waals surface area contributed by atoms with Crippen molar-refractivity contribution in [3.8, 4) is 11.8 Å². The number of nitriles is 1. The highest BCUT2D eigenvalue weighted by atomic mass is 16.5. The third-order valence-corrected chi connectivity index (χ3v) is 7.86. The highest BCUT2D eigenvalue weighted by Crippen LogP contribution is 2.50. The zero-order chi connectivity index (χ0) is 23.8. The molecule has 2 aromatic carbocycles. The Morgan fingerprint density at radius 2 is 1.79 bits per heavy atom. The first-order valence-electron chi connectivity index (χ1n) is 12.5. The lowest BCUT2D eigenvalue weighted by molar-refractivity contribution is 0.0205. The van der Waals surface area contributed by atoms with Gasteiger partial charge in [-0.25, -0.2) is 4.85 Å². The Labute approximate surface area is 204 Å². The molecule has 3 atom stereocenters.